The summed E-state index contributed by atoms with van der Waals surface area (Å²) < 4.78 is 0. The summed E-state index contributed by atoms with van der Waals surface area (Å²) in [7, 11) is 4.27. The molecule has 2 rings (SSSR count). The zero-order valence-corrected chi connectivity index (χ0v) is 12.1. The summed E-state index contributed by atoms with van der Waals surface area (Å²) in [5, 5.41) is 0. The predicted octanol–water partition coefficient (Wildman–Crippen LogP) is 2.06. The van der Waals surface area contributed by atoms with Gasteiger partial charge in [0.25, 0.3) is 0 Å². The molecule has 0 atom stereocenters. The lowest BCUT2D eigenvalue weighted by Crippen LogP contribution is -2.37. The number of rotatable bonds is 4. The molecule has 4 nitrogen and oxygen atoms in total. The molecule has 1 aliphatic rings. The molecule has 0 unspecified atom stereocenters. The molecule has 0 saturated carbocycles. The molecule has 0 N–H and O–H groups in total. The molecule has 1 aliphatic heterocycles. The third-order valence-electron chi connectivity index (χ3n) is 3.71. The standard InChI is InChI=1S/C15H23N3O/c1-12(19)15-5-4-14(10-16-15)18-8-6-13(7-9-18)11-17(2)3/h4-5,10,13H,6-9,11H2,1-3H3. The maximum absolute atomic E-state index is 11.2. The van der Waals surface area contributed by atoms with Gasteiger partial charge in [-0.15, -0.1) is 0 Å². The SMILES string of the molecule is CC(=O)c1ccc(N2CCC(CN(C)C)CC2)cn1. The highest BCUT2D eigenvalue weighted by molar-refractivity contribution is 5.92. The lowest BCUT2D eigenvalue weighted by molar-refractivity contribution is 0.101. The largest absolute Gasteiger partial charge is 0.370 e. The fraction of sp³-hybridized carbons (Fsp3) is 0.600. The van der Waals surface area contributed by atoms with E-state index < -0.39 is 0 Å². The van der Waals surface area contributed by atoms with Gasteiger partial charge in [-0.2, -0.15) is 0 Å². The Morgan fingerprint density at radius 3 is 2.53 bits per heavy atom. The van der Waals surface area contributed by atoms with Crippen LogP contribution in [0, 0.1) is 5.92 Å². The van der Waals surface area contributed by atoms with E-state index in [9.17, 15) is 4.79 Å². The Kier molecular flexibility index (Phi) is 4.53. The van der Waals surface area contributed by atoms with Crippen molar-refractivity contribution in [3.63, 3.8) is 0 Å². The van der Waals surface area contributed by atoms with Crippen LogP contribution in [0.5, 0.6) is 0 Å². The molecule has 1 saturated heterocycles. The summed E-state index contributed by atoms with van der Waals surface area (Å²) >= 11 is 0. The smallest absolute Gasteiger partial charge is 0.178 e. The number of anilines is 1. The van der Waals surface area contributed by atoms with Crippen molar-refractivity contribution >= 4 is 11.5 Å². The van der Waals surface area contributed by atoms with Gasteiger partial charge in [0.2, 0.25) is 0 Å². The Morgan fingerprint density at radius 2 is 2.05 bits per heavy atom. The van der Waals surface area contributed by atoms with Crippen molar-refractivity contribution in [2.24, 2.45) is 5.92 Å². The van der Waals surface area contributed by atoms with Gasteiger partial charge in [0, 0.05) is 26.6 Å². The van der Waals surface area contributed by atoms with Crippen LogP contribution in [-0.4, -0.2) is 49.4 Å². The Bertz CT molecular complexity index is 420. The summed E-state index contributed by atoms with van der Waals surface area (Å²) in [6, 6.07) is 3.83. The summed E-state index contributed by atoms with van der Waals surface area (Å²) in [6.07, 6.45) is 4.28. The molecular weight excluding hydrogens is 238 g/mol. The quantitative estimate of drug-likeness (QED) is 0.777. The number of nitrogens with zero attached hydrogens (tertiary/aromatic N) is 3. The van der Waals surface area contributed by atoms with Crippen LogP contribution in [0.25, 0.3) is 0 Å². The van der Waals surface area contributed by atoms with Gasteiger partial charge in [0.1, 0.15) is 5.69 Å². The third-order valence-corrected chi connectivity index (χ3v) is 3.71. The van der Waals surface area contributed by atoms with Crippen molar-refractivity contribution < 1.29 is 4.79 Å². The zero-order valence-electron chi connectivity index (χ0n) is 12.1. The number of hydrogen-bond donors (Lipinski definition) is 0. The summed E-state index contributed by atoms with van der Waals surface area (Å²) in [6.45, 7) is 4.89. The van der Waals surface area contributed by atoms with Gasteiger partial charge in [-0.1, -0.05) is 0 Å². The third kappa shape index (κ3) is 3.77. The van der Waals surface area contributed by atoms with Crippen molar-refractivity contribution in [3.05, 3.63) is 24.0 Å². The normalized spacial score (nSPS) is 16.9. The highest BCUT2D eigenvalue weighted by Gasteiger charge is 2.20. The fourth-order valence-electron chi connectivity index (χ4n) is 2.67. The average molecular weight is 261 g/mol. The average Bonchev–Trinajstić information content (AvgIpc) is 2.39. The number of Topliss-reactive ketones (excluding diaryl/α,β-unsaturated/α-hetero) is 1. The van der Waals surface area contributed by atoms with Gasteiger partial charge in [-0.25, -0.2) is 0 Å². The number of carbonyl (C=O) groups excluding carboxylic acids is 1. The van der Waals surface area contributed by atoms with E-state index in [1.165, 1.54) is 19.4 Å². The number of carbonyl (C=O) groups is 1. The van der Waals surface area contributed by atoms with Crippen LogP contribution in [0.2, 0.25) is 0 Å². The van der Waals surface area contributed by atoms with Gasteiger partial charge in [-0.3, -0.25) is 9.78 Å². The molecule has 0 bridgehead atoms. The van der Waals surface area contributed by atoms with Crippen molar-refractivity contribution in [2.75, 3.05) is 38.6 Å². The zero-order chi connectivity index (χ0) is 13.8. The van der Waals surface area contributed by atoms with Crippen LogP contribution < -0.4 is 4.90 Å². The second kappa shape index (κ2) is 6.15. The van der Waals surface area contributed by atoms with Crippen LogP contribution >= 0.6 is 0 Å². The minimum atomic E-state index is 0.0243. The van der Waals surface area contributed by atoms with Gasteiger partial charge in [0.15, 0.2) is 5.78 Å². The maximum atomic E-state index is 11.2. The van der Waals surface area contributed by atoms with Gasteiger partial charge in [0.05, 0.1) is 11.9 Å². The number of hydrogen-bond acceptors (Lipinski definition) is 4. The molecular formula is C15H23N3O. The van der Waals surface area contributed by atoms with Gasteiger partial charge in [-0.05, 0) is 45.0 Å². The van der Waals surface area contributed by atoms with Crippen molar-refractivity contribution in [1.82, 2.24) is 9.88 Å². The minimum absolute atomic E-state index is 0.0243. The Morgan fingerprint density at radius 1 is 1.37 bits per heavy atom. The van der Waals surface area contributed by atoms with E-state index in [0.717, 1.165) is 24.7 Å². The summed E-state index contributed by atoms with van der Waals surface area (Å²) in [4.78, 5) is 20.1. The highest BCUT2D eigenvalue weighted by Crippen LogP contribution is 2.23. The fourth-order valence-corrected chi connectivity index (χ4v) is 2.67. The monoisotopic (exact) mass is 261 g/mol. The number of pyridine rings is 1. The van der Waals surface area contributed by atoms with Gasteiger partial charge < -0.3 is 9.80 Å². The first-order valence-corrected chi connectivity index (χ1v) is 6.93. The molecule has 1 aromatic rings. The predicted molar refractivity (Wildman–Crippen MR) is 77.7 cm³/mol. The number of piperidine rings is 1. The van der Waals surface area contributed by atoms with E-state index in [1.54, 1.807) is 6.92 Å². The Hall–Kier alpha value is -1.42. The first-order chi connectivity index (χ1) is 9.06. The molecule has 1 aromatic heterocycles. The van der Waals surface area contributed by atoms with Crippen LogP contribution in [0.4, 0.5) is 5.69 Å². The Balaban J connectivity index is 1.92. The van der Waals surface area contributed by atoms with Crippen molar-refractivity contribution in [1.29, 1.82) is 0 Å². The van der Waals surface area contributed by atoms with E-state index in [2.05, 4.69) is 28.9 Å². The molecule has 104 valence electrons. The number of ketones is 1. The van der Waals surface area contributed by atoms with Crippen LogP contribution in [-0.2, 0) is 0 Å². The van der Waals surface area contributed by atoms with E-state index in [0.29, 0.717) is 5.69 Å². The lowest BCUT2D eigenvalue weighted by atomic mass is 9.96. The Labute approximate surface area is 115 Å². The molecule has 2 heterocycles. The summed E-state index contributed by atoms with van der Waals surface area (Å²) in [5.74, 6) is 0.826. The molecule has 4 heteroatoms. The molecule has 0 aliphatic carbocycles. The van der Waals surface area contributed by atoms with Crippen LogP contribution in [0.3, 0.4) is 0 Å². The number of aromatic nitrogens is 1. The first kappa shape index (κ1) is 14.0. The van der Waals surface area contributed by atoms with E-state index in [4.69, 9.17) is 0 Å². The second-order valence-electron chi connectivity index (χ2n) is 5.65. The first-order valence-electron chi connectivity index (χ1n) is 6.93. The molecule has 0 amide bonds. The summed E-state index contributed by atoms with van der Waals surface area (Å²) in [5.41, 5.74) is 1.68. The molecule has 0 radical (unpaired) electrons. The van der Waals surface area contributed by atoms with E-state index in [1.807, 2.05) is 18.3 Å². The lowest BCUT2D eigenvalue weighted by Gasteiger charge is -2.34. The van der Waals surface area contributed by atoms with E-state index in [-0.39, 0.29) is 5.78 Å². The molecule has 0 aromatic carbocycles. The van der Waals surface area contributed by atoms with Crippen molar-refractivity contribution in [3.8, 4) is 0 Å². The second-order valence-corrected chi connectivity index (χ2v) is 5.65. The highest BCUT2D eigenvalue weighted by atomic mass is 16.1. The molecule has 0 spiro atoms. The van der Waals surface area contributed by atoms with Crippen LogP contribution in [0.1, 0.15) is 30.3 Å². The maximum Gasteiger partial charge on any atom is 0.178 e. The van der Waals surface area contributed by atoms with Gasteiger partial charge >= 0.3 is 0 Å². The van der Waals surface area contributed by atoms with Crippen molar-refractivity contribution in [2.45, 2.75) is 19.8 Å². The van der Waals surface area contributed by atoms with Crippen LogP contribution in [0.15, 0.2) is 18.3 Å². The minimum Gasteiger partial charge on any atom is -0.370 e. The molecule has 19 heavy (non-hydrogen) atoms. The molecule has 1 fully saturated rings. The van der Waals surface area contributed by atoms with E-state index >= 15 is 0 Å². The topological polar surface area (TPSA) is 36.4 Å².